The molecule has 1 fully saturated rings. The predicted molar refractivity (Wildman–Crippen MR) is 130 cm³/mol. The summed E-state index contributed by atoms with van der Waals surface area (Å²) in [7, 11) is 0. The van der Waals surface area contributed by atoms with Gasteiger partial charge in [0.25, 0.3) is 5.56 Å². The molecule has 1 saturated heterocycles. The highest BCUT2D eigenvalue weighted by molar-refractivity contribution is 9.10. The summed E-state index contributed by atoms with van der Waals surface area (Å²) in [6.07, 6.45) is 4.06. The molecule has 4 rings (SSSR count). The molecule has 11 heteroatoms. The lowest BCUT2D eigenvalue weighted by atomic mass is 10.2. The van der Waals surface area contributed by atoms with Gasteiger partial charge in [0.05, 0.1) is 28.4 Å². The molecule has 1 aliphatic rings. The molecular formula is C23H20Br2F2N4O3. The Kier molecular flexibility index (Phi) is 8.67. The van der Waals surface area contributed by atoms with E-state index in [1.165, 1.54) is 12.1 Å². The maximum atomic E-state index is 13.8. The summed E-state index contributed by atoms with van der Waals surface area (Å²) < 4.78 is 29.7. The van der Waals surface area contributed by atoms with Crippen LogP contribution < -0.4 is 10.9 Å². The van der Waals surface area contributed by atoms with Crippen LogP contribution in [0.4, 0.5) is 14.5 Å². The Morgan fingerprint density at radius 3 is 2.24 bits per heavy atom. The van der Waals surface area contributed by atoms with E-state index < -0.39 is 11.6 Å². The van der Waals surface area contributed by atoms with Gasteiger partial charge in [-0.3, -0.25) is 19.4 Å². The van der Waals surface area contributed by atoms with Gasteiger partial charge in [-0.15, -0.1) is 0 Å². The minimum atomic E-state index is -0.628. The van der Waals surface area contributed by atoms with Crippen LogP contribution in [0, 0.1) is 18.6 Å². The third kappa shape index (κ3) is 6.35. The zero-order valence-electron chi connectivity index (χ0n) is 18.0. The minimum absolute atomic E-state index is 0.137. The monoisotopic (exact) mass is 596 g/mol. The smallest absolute Gasteiger partial charge is 0.267 e. The van der Waals surface area contributed by atoms with Crippen molar-refractivity contribution in [1.29, 1.82) is 0 Å². The molecule has 0 radical (unpaired) electrons. The molecule has 0 spiro atoms. The number of nitrogens with zero attached hydrogens (tertiary/aromatic N) is 3. The largest absolute Gasteiger partial charge is 0.380 e. The minimum Gasteiger partial charge on any atom is -0.380 e. The van der Waals surface area contributed by atoms with Crippen LogP contribution in [-0.2, 0) is 22.7 Å². The number of rotatable bonds is 5. The summed E-state index contributed by atoms with van der Waals surface area (Å²) in [4.78, 5) is 37.5. The molecule has 0 aliphatic carbocycles. The Morgan fingerprint density at radius 2 is 1.68 bits per heavy atom. The number of hydrogen-bond donors (Lipinski definition) is 1. The quantitative estimate of drug-likeness (QED) is 0.340. The number of aryl methyl sites for hydroxylation is 1. The fraction of sp³-hybridized carbons (Fsp3) is 0.217. The van der Waals surface area contributed by atoms with Crippen molar-refractivity contribution in [2.24, 2.45) is 0 Å². The van der Waals surface area contributed by atoms with Crippen molar-refractivity contribution >= 4 is 49.6 Å². The molecule has 7 nitrogen and oxygen atoms in total. The van der Waals surface area contributed by atoms with Crippen molar-refractivity contribution in [1.82, 2.24) is 13.5 Å². The molecule has 0 bridgehead atoms. The first kappa shape index (κ1) is 25.7. The Hall–Kier alpha value is -2.92. The lowest BCUT2D eigenvalue weighted by molar-refractivity contribution is -0.131. The zero-order chi connectivity index (χ0) is 24.8. The molecule has 2 amide bonds. The summed E-state index contributed by atoms with van der Waals surface area (Å²) >= 11 is 6.12. The van der Waals surface area contributed by atoms with Crippen molar-refractivity contribution < 1.29 is 18.4 Å². The van der Waals surface area contributed by atoms with Crippen LogP contribution in [0.3, 0.4) is 0 Å². The Labute approximate surface area is 211 Å². The highest BCUT2D eigenvalue weighted by Crippen LogP contribution is 2.22. The van der Waals surface area contributed by atoms with Gasteiger partial charge in [-0.1, -0.05) is 6.07 Å². The maximum absolute atomic E-state index is 13.8. The SMILES string of the molecule is Cc1cc(NCc2ccc(F)cc2F)c(Br)c(=O)n1Cc1ccncc1.O=C1CCC(=O)N1Br. The number of amides is 2. The molecule has 0 unspecified atom stereocenters. The number of halogens is 4. The molecule has 3 aromatic rings. The van der Waals surface area contributed by atoms with E-state index >= 15 is 0 Å². The second-order valence-electron chi connectivity index (χ2n) is 7.42. The van der Waals surface area contributed by atoms with Gasteiger partial charge < -0.3 is 9.88 Å². The third-order valence-electron chi connectivity index (χ3n) is 5.01. The molecular weight excluding hydrogens is 578 g/mol. The summed E-state index contributed by atoms with van der Waals surface area (Å²) in [5.41, 5.74) is 2.41. The number of carbonyl (C=O) groups excluding carboxylic acids is 2. The highest BCUT2D eigenvalue weighted by Gasteiger charge is 2.26. The van der Waals surface area contributed by atoms with Crippen molar-refractivity contribution in [3.63, 3.8) is 0 Å². The van der Waals surface area contributed by atoms with Gasteiger partial charge in [-0.05, 0) is 52.7 Å². The van der Waals surface area contributed by atoms with Gasteiger partial charge in [-0.2, -0.15) is 0 Å². The fourth-order valence-electron chi connectivity index (χ4n) is 3.14. The predicted octanol–water partition coefficient (Wildman–Crippen LogP) is 4.70. The average Bonchev–Trinajstić information content (AvgIpc) is 3.11. The van der Waals surface area contributed by atoms with Crippen molar-refractivity contribution in [3.8, 4) is 0 Å². The second-order valence-corrected chi connectivity index (χ2v) is 8.92. The lowest BCUT2D eigenvalue weighted by Gasteiger charge is -2.15. The number of benzene rings is 1. The normalized spacial score (nSPS) is 13.0. The molecule has 1 aromatic carbocycles. The molecule has 34 heavy (non-hydrogen) atoms. The fourth-order valence-corrected chi connectivity index (χ4v) is 3.97. The van der Waals surface area contributed by atoms with E-state index in [9.17, 15) is 23.2 Å². The number of anilines is 1. The first-order chi connectivity index (χ1) is 16.2. The first-order valence-corrected chi connectivity index (χ1v) is 11.7. The second kappa shape index (κ2) is 11.5. The van der Waals surface area contributed by atoms with E-state index in [2.05, 4.69) is 42.4 Å². The van der Waals surface area contributed by atoms with E-state index in [0.717, 1.165) is 21.2 Å². The van der Waals surface area contributed by atoms with E-state index in [0.29, 0.717) is 35.1 Å². The number of imide groups is 1. The van der Waals surface area contributed by atoms with Crippen LogP contribution in [0.1, 0.15) is 29.7 Å². The topological polar surface area (TPSA) is 84.3 Å². The summed E-state index contributed by atoms with van der Waals surface area (Å²) in [6.45, 7) is 2.40. The standard InChI is InChI=1S/C19H16BrF2N3O.C4H4BrNO2/c1-12-8-17(24-10-14-2-3-15(21)9-16(14)22)18(20)19(26)25(12)11-13-4-6-23-7-5-13;5-6-3(7)1-2-4(6)8/h2-9,24H,10-11H2,1H3;1-2H2. The number of pyridine rings is 2. The first-order valence-electron chi connectivity index (χ1n) is 10.2. The summed E-state index contributed by atoms with van der Waals surface area (Å²) in [5.74, 6) is -1.54. The number of carbonyl (C=O) groups is 2. The third-order valence-corrected chi connectivity index (χ3v) is 6.57. The van der Waals surface area contributed by atoms with Gasteiger partial charge in [0.1, 0.15) is 16.1 Å². The van der Waals surface area contributed by atoms with Gasteiger partial charge in [-0.25, -0.2) is 12.7 Å². The molecule has 3 heterocycles. The van der Waals surface area contributed by atoms with Crippen molar-refractivity contribution in [2.75, 3.05) is 5.32 Å². The molecule has 0 saturated carbocycles. The molecule has 1 aliphatic heterocycles. The Morgan fingerprint density at radius 1 is 1.03 bits per heavy atom. The van der Waals surface area contributed by atoms with Crippen LogP contribution >= 0.6 is 32.1 Å². The number of nitrogens with one attached hydrogen (secondary N) is 1. The molecule has 1 N–H and O–H groups in total. The van der Waals surface area contributed by atoms with Gasteiger partial charge in [0.2, 0.25) is 11.8 Å². The van der Waals surface area contributed by atoms with Crippen LogP contribution in [-0.4, -0.2) is 25.3 Å². The van der Waals surface area contributed by atoms with Crippen molar-refractivity contribution in [2.45, 2.75) is 32.9 Å². The molecule has 178 valence electrons. The summed E-state index contributed by atoms with van der Waals surface area (Å²) in [5, 5.41) is 3.03. The number of hydrogen-bond acceptors (Lipinski definition) is 5. The average molecular weight is 598 g/mol. The highest BCUT2D eigenvalue weighted by atomic mass is 79.9. The van der Waals surface area contributed by atoms with Gasteiger partial charge >= 0.3 is 0 Å². The maximum Gasteiger partial charge on any atom is 0.267 e. The van der Waals surface area contributed by atoms with Crippen LogP contribution in [0.15, 0.2) is 58.1 Å². The molecule has 0 atom stereocenters. The van der Waals surface area contributed by atoms with Crippen LogP contribution in [0.5, 0.6) is 0 Å². The number of aromatic nitrogens is 2. The van der Waals surface area contributed by atoms with E-state index in [4.69, 9.17) is 0 Å². The van der Waals surface area contributed by atoms with Crippen molar-refractivity contribution in [3.05, 3.63) is 92.1 Å². The lowest BCUT2D eigenvalue weighted by Crippen LogP contribution is -2.24. The van der Waals surface area contributed by atoms with E-state index in [1.807, 2.05) is 25.1 Å². The zero-order valence-corrected chi connectivity index (χ0v) is 21.2. The van der Waals surface area contributed by atoms with Gasteiger partial charge in [0.15, 0.2) is 0 Å². The Bertz CT molecular complexity index is 1250. The van der Waals surface area contributed by atoms with E-state index in [1.54, 1.807) is 17.0 Å². The van der Waals surface area contributed by atoms with E-state index in [-0.39, 0.29) is 23.9 Å². The molecule has 2 aromatic heterocycles. The van der Waals surface area contributed by atoms with Gasteiger partial charge in [0, 0.05) is 49.1 Å². The Balaban J connectivity index is 0.000000343. The summed E-state index contributed by atoms with van der Waals surface area (Å²) in [6, 6.07) is 8.93. The van der Waals surface area contributed by atoms with Crippen LogP contribution in [0.25, 0.3) is 0 Å². The van der Waals surface area contributed by atoms with Crippen LogP contribution in [0.2, 0.25) is 0 Å².